The van der Waals surface area contributed by atoms with Gasteiger partial charge in [-0.2, -0.15) is 11.8 Å². The van der Waals surface area contributed by atoms with E-state index in [1.807, 2.05) is 0 Å². The second-order valence-electron chi connectivity index (χ2n) is 6.18. The van der Waals surface area contributed by atoms with Crippen molar-refractivity contribution in [1.29, 1.82) is 0 Å². The number of fused-ring (bicyclic) bond motifs is 1. The SMILES string of the molecule is Nc1ncnc2c1ncn2[C@@H]1O[C@H](CSC[C@@H]2NC(=O)NC2=O)[C@@H](O)[C@H]1O. The summed E-state index contributed by atoms with van der Waals surface area (Å²) in [6.45, 7) is 0. The Morgan fingerprint density at radius 3 is 2.78 bits per heavy atom. The van der Waals surface area contributed by atoms with Crippen molar-refractivity contribution in [3.8, 4) is 0 Å². The number of thioether (sulfide) groups is 1. The number of aliphatic hydroxyl groups is 2. The molecule has 2 aliphatic heterocycles. The molecule has 144 valence electrons. The number of aliphatic hydroxyl groups excluding tert-OH is 2. The number of nitrogens with two attached hydrogens (primary N) is 1. The highest BCUT2D eigenvalue weighted by molar-refractivity contribution is 7.99. The van der Waals surface area contributed by atoms with Gasteiger partial charge >= 0.3 is 6.03 Å². The summed E-state index contributed by atoms with van der Waals surface area (Å²) in [6.07, 6.45) is -1.19. The average Bonchev–Trinajstić information content (AvgIpc) is 3.27. The summed E-state index contributed by atoms with van der Waals surface area (Å²) in [5, 5.41) is 25.3. The fraction of sp³-hybridized carbons (Fsp3) is 0.500. The van der Waals surface area contributed by atoms with Crippen LogP contribution >= 0.6 is 11.8 Å². The van der Waals surface area contributed by atoms with E-state index < -0.39 is 36.6 Å². The molecule has 4 rings (SSSR count). The Morgan fingerprint density at radius 2 is 2.04 bits per heavy atom. The molecule has 2 aromatic heterocycles. The number of carbonyl (C=O) groups is 2. The first-order chi connectivity index (χ1) is 13.0. The molecular formula is C14H17N7O5S. The second kappa shape index (κ2) is 6.92. The number of hydrogen-bond acceptors (Lipinski definition) is 10. The maximum atomic E-state index is 11.5. The van der Waals surface area contributed by atoms with E-state index >= 15 is 0 Å². The number of rotatable bonds is 5. The molecule has 0 bridgehead atoms. The molecule has 3 amide bonds. The van der Waals surface area contributed by atoms with Crippen molar-refractivity contribution >= 4 is 40.7 Å². The van der Waals surface area contributed by atoms with E-state index in [9.17, 15) is 19.8 Å². The highest BCUT2D eigenvalue weighted by Gasteiger charge is 2.44. The van der Waals surface area contributed by atoms with E-state index in [1.165, 1.54) is 29.0 Å². The van der Waals surface area contributed by atoms with Crippen LogP contribution in [-0.2, 0) is 9.53 Å². The zero-order chi connectivity index (χ0) is 19.1. The number of amides is 3. The van der Waals surface area contributed by atoms with Crippen LogP contribution in [0.25, 0.3) is 11.2 Å². The summed E-state index contributed by atoms with van der Waals surface area (Å²) in [4.78, 5) is 34.7. The Kier molecular flexibility index (Phi) is 4.59. The molecule has 0 saturated carbocycles. The predicted molar refractivity (Wildman–Crippen MR) is 93.4 cm³/mol. The highest BCUT2D eigenvalue weighted by Crippen LogP contribution is 2.33. The first kappa shape index (κ1) is 17.9. The van der Waals surface area contributed by atoms with Gasteiger partial charge in [0.25, 0.3) is 5.91 Å². The molecule has 6 N–H and O–H groups in total. The lowest BCUT2D eigenvalue weighted by atomic mass is 10.1. The minimum absolute atomic E-state index is 0.204. The van der Waals surface area contributed by atoms with Gasteiger partial charge in [-0.15, -0.1) is 0 Å². The summed E-state index contributed by atoms with van der Waals surface area (Å²) < 4.78 is 7.30. The molecule has 0 aliphatic carbocycles. The van der Waals surface area contributed by atoms with Gasteiger partial charge in [0.2, 0.25) is 0 Å². The lowest BCUT2D eigenvalue weighted by molar-refractivity contribution is -0.119. The summed E-state index contributed by atoms with van der Waals surface area (Å²) in [5.74, 6) is 0.456. The third-order valence-corrected chi connectivity index (χ3v) is 5.56. The van der Waals surface area contributed by atoms with Crippen molar-refractivity contribution in [2.24, 2.45) is 0 Å². The molecule has 0 spiro atoms. The molecule has 12 nitrogen and oxygen atoms in total. The van der Waals surface area contributed by atoms with Gasteiger partial charge in [0, 0.05) is 11.5 Å². The minimum Gasteiger partial charge on any atom is -0.387 e. The van der Waals surface area contributed by atoms with Crippen LogP contribution in [-0.4, -0.2) is 77.5 Å². The van der Waals surface area contributed by atoms with Gasteiger partial charge in [-0.1, -0.05) is 0 Å². The summed E-state index contributed by atoms with van der Waals surface area (Å²) in [6, 6.07) is -1.15. The lowest BCUT2D eigenvalue weighted by Crippen LogP contribution is -2.34. The van der Waals surface area contributed by atoms with Crippen LogP contribution in [0.5, 0.6) is 0 Å². The number of imide groups is 1. The lowest BCUT2D eigenvalue weighted by Gasteiger charge is -2.16. The molecule has 2 saturated heterocycles. The average molecular weight is 395 g/mol. The van der Waals surface area contributed by atoms with Gasteiger partial charge in [0.15, 0.2) is 17.7 Å². The monoisotopic (exact) mass is 395 g/mol. The Hall–Kier alpha value is -2.48. The van der Waals surface area contributed by atoms with Crippen LogP contribution in [0.2, 0.25) is 0 Å². The molecule has 2 fully saturated rings. The van der Waals surface area contributed by atoms with Crippen molar-refractivity contribution in [1.82, 2.24) is 30.2 Å². The maximum absolute atomic E-state index is 11.5. The van der Waals surface area contributed by atoms with Gasteiger partial charge in [0.1, 0.15) is 30.1 Å². The first-order valence-corrected chi connectivity index (χ1v) is 9.25. The number of hydrogen-bond donors (Lipinski definition) is 5. The van der Waals surface area contributed by atoms with Gasteiger partial charge in [-0.05, 0) is 0 Å². The smallest absolute Gasteiger partial charge is 0.322 e. The van der Waals surface area contributed by atoms with Gasteiger partial charge in [0.05, 0.1) is 12.4 Å². The van der Waals surface area contributed by atoms with Crippen LogP contribution in [0, 0.1) is 0 Å². The quantitative estimate of drug-likeness (QED) is 0.355. The largest absolute Gasteiger partial charge is 0.387 e. The summed E-state index contributed by atoms with van der Waals surface area (Å²) >= 11 is 1.32. The first-order valence-electron chi connectivity index (χ1n) is 8.09. The molecule has 4 heterocycles. The standard InChI is InChI=1S/C14H17N7O5S/c15-10-7-11(17-3-16-10)21(4-18-7)13-9(23)8(22)6(26-13)2-27-1-5-12(24)20-14(25)19-5/h3-6,8-9,13,22-23H,1-2H2,(H2,15,16,17)(H2,19,20,24,25)/t5-,6+,8+,9+,13+/m0/s1. The molecule has 0 unspecified atom stereocenters. The number of anilines is 1. The molecule has 5 atom stereocenters. The van der Waals surface area contributed by atoms with Gasteiger partial charge in [-0.3, -0.25) is 14.7 Å². The number of imidazole rings is 1. The molecule has 0 aromatic carbocycles. The van der Waals surface area contributed by atoms with Gasteiger partial charge < -0.3 is 26.0 Å². The van der Waals surface area contributed by atoms with E-state index in [1.54, 1.807) is 0 Å². The topological polar surface area (TPSA) is 178 Å². The predicted octanol–water partition coefficient (Wildman–Crippen LogP) is -2.03. The third kappa shape index (κ3) is 3.18. The highest BCUT2D eigenvalue weighted by atomic mass is 32.2. The Balaban J connectivity index is 1.42. The van der Waals surface area contributed by atoms with E-state index in [-0.39, 0.29) is 11.7 Å². The number of nitrogen functional groups attached to an aromatic ring is 1. The molecule has 27 heavy (non-hydrogen) atoms. The molecule has 2 aliphatic rings. The minimum atomic E-state index is -1.20. The summed E-state index contributed by atoms with van der Waals surface area (Å²) in [7, 11) is 0. The van der Waals surface area contributed by atoms with Gasteiger partial charge in [-0.25, -0.2) is 19.7 Å². The number of carbonyl (C=O) groups excluding carboxylic acids is 2. The normalized spacial score (nSPS) is 30.7. The third-order valence-electron chi connectivity index (χ3n) is 4.42. The fourth-order valence-corrected chi connectivity index (χ4v) is 4.15. The van der Waals surface area contributed by atoms with Crippen molar-refractivity contribution in [2.45, 2.75) is 30.6 Å². The Morgan fingerprint density at radius 1 is 1.22 bits per heavy atom. The molecule has 0 radical (unpaired) electrons. The maximum Gasteiger partial charge on any atom is 0.322 e. The second-order valence-corrected chi connectivity index (χ2v) is 7.26. The van der Waals surface area contributed by atoms with Crippen LogP contribution in [0.1, 0.15) is 6.23 Å². The summed E-state index contributed by atoms with van der Waals surface area (Å²) in [5.41, 5.74) is 6.52. The van der Waals surface area contributed by atoms with Crippen molar-refractivity contribution in [3.63, 3.8) is 0 Å². The Labute approximate surface area is 156 Å². The molecule has 13 heteroatoms. The number of aromatic nitrogens is 4. The Bertz CT molecular complexity index is 892. The zero-order valence-electron chi connectivity index (χ0n) is 13.8. The van der Waals surface area contributed by atoms with E-state index in [4.69, 9.17) is 10.5 Å². The number of urea groups is 1. The van der Waals surface area contributed by atoms with Crippen LogP contribution in [0.15, 0.2) is 12.7 Å². The van der Waals surface area contributed by atoms with Crippen molar-refractivity contribution in [2.75, 3.05) is 17.2 Å². The van der Waals surface area contributed by atoms with Crippen molar-refractivity contribution < 1.29 is 24.5 Å². The zero-order valence-corrected chi connectivity index (χ0v) is 14.7. The van der Waals surface area contributed by atoms with E-state index in [0.29, 0.717) is 22.7 Å². The van der Waals surface area contributed by atoms with E-state index in [2.05, 4.69) is 25.6 Å². The number of ether oxygens (including phenoxy) is 1. The van der Waals surface area contributed by atoms with E-state index in [0.717, 1.165) is 0 Å². The van der Waals surface area contributed by atoms with Crippen LogP contribution < -0.4 is 16.4 Å². The van der Waals surface area contributed by atoms with Crippen LogP contribution in [0.3, 0.4) is 0 Å². The number of nitrogens with zero attached hydrogens (tertiary/aromatic N) is 4. The number of nitrogens with one attached hydrogen (secondary N) is 2. The molecule has 2 aromatic rings. The van der Waals surface area contributed by atoms with Crippen LogP contribution in [0.4, 0.5) is 10.6 Å². The molecular weight excluding hydrogens is 378 g/mol. The van der Waals surface area contributed by atoms with Crippen molar-refractivity contribution in [3.05, 3.63) is 12.7 Å². The fourth-order valence-electron chi connectivity index (χ4n) is 3.03.